The van der Waals surface area contributed by atoms with Gasteiger partial charge >= 0.3 is 6.18 Å². The molecular weight excluding hydrogens is 493 g/mol. The molecule has 0 atom stereocenters. The number of nitrogens with two attached hydrogens (primary N) is 1. The minimum Gasteiger partial charge on any atom is -0.378 e. The van der Waals surface area contributed by atoms with E-state index in [9.17, 15) is 18.0 Å². The summed E-state index contributed by atoms with van der Waals surface area (Å²) in [6, 6.07) is 0. The molecular formula is C22H29F3N10O2. The zero-order valence-electron chi connectivity index (χ0n) is 20.5. The van der Waals surface area contributed by atoms with E-state index in [0.717, 1.165) is 4.90 Å². The number of alkyl halides is 3. The van der Waals surface area contributed by atoms with Gasteiger partial charge in [-0.2, -0.15) is 13.2 Å². The quantitative estimate of drug-likeness (QED) is 0.529. The molecule has 4 rings (SSSR count). The molecule has 2 fully saturated rings. The van der Waals surface area contributed by atoms with Gasteiger partial charge in [0.2, 0.25) is 11.9 Å². The number of nitrogen functional groups attached to an aromatic ring is 1. The summed E-state index contributed by atoms with van der Waals surface area (Å²) in [7, 11) is 0. The van der Waals surface area contributed by atoms with Crippen molar-refractivity contribution in [2.75, 3.05) is 81.2 Å². The molecule has 2 aliphatic heterocycles. The molecule has 2 aliphatic rings. The molecule has 12 nitrogen and oxygen atoms in total. The molecule has 2 aromatic heterocycles. The number of hydrogen-bond donors (Lipinski definition) is 1. The Morgan fingerprint density at radius 2 is 1.78 bits per heavy atom. The van der Waals surface area contributed by atoms with Crippen LogP contribution in [0.4, 0.5) is 36.4 Å². The first-order valence-corrected chi connectivity index (χ1v) is 11.7. The fourth-order valence-corrected chi connectivity index (χ4v) is 4.23. The van der Waals surface area contributed by atoms with E-state index in [2.05, 4.69) is 31.6 Å². The molecule has 0 saturated carbocycles. The molecule has 0 spiro atoms. The molecule has 0 aliphatic carbocycles. The molecule has 15 heteroatoms. The van der Waals surface area contributed by atoms with Crippen molar-refractivity contribution in [3.8, 4) is 11.4 Å². The largest absolute Gasteiger partial charge is 0.406 e. The van der Waals surface area contributed by atoms with E-state index in [-0.39, 0.29) is 35.9 Å². The second-order valence-electron chi connectivity index (χ2n) is 8.71. The number of aliphatic imine (C=N–C) groups is 1. The number of morpholine rings is 1. The molecule has 37 heavy (non-hydrogen) atoms. The normalized spacial score (nSPS) is 17.1. The number of hydrogen-bond acceptors (Lipinski definition) is 11. The molecule has 4 heterocycles. The number of ether oxygens (including phenoxy) is 1. The van der Waals surface area contributed by atoms with Crippen LogP contribution in [0.5, 0.6) is 0 Å². The van der Waals surface area contributed by atoms with Crippen LogP contribution in [-0.4, -0.2) is 114 Å². The van der Waals surface area contributed by atoms with Gasteiger partial charge in [-0.05, 0) is 6.72 Å². The molecule has 0 aromatic carbocycles. The first kappa shape index (κ1) is 26.5. The minimum absolute atomic E-state index is 0.00959. The lowest BCUT2D eigenvalue weighted by molar-refractivity contribution is -0.130. The van der Waals surface area contributed by atoms with E-state index < -0.39 is 12.7 Å². The second kappa shape index (κ2) is 11.2. The van der Waals surface area contributed by atoms with Gasteiger partial charge in [-0.25, -0.2) is 19.9 Å². The van der Waals surface area contributed by atoms with Crippen molar-refractivity contribution in [2.45, 2.75) is 13.1 Å². The maximum Gasteiger partial charge on any atom is 0.406 e. The number of anilines is 3. The van der Waals surface area contributed by atoms with Crippen molar-refractivity contribution in [2.24, 2.45) is 4.99 Å². The van der Waals surface area contributed by atoms with E-state index in [1.54, 1.807) is 4.90 Å². The SMILES string of the molecule is C=Nc1c(N2CCOCC2)nc(-c2cnc(N)nc2)nc1N(CN1CCN(C(C)=O)CC1)CC(F)(F)F. The molecule has 2 saturated heterocycles. The predicted octanol–water partition coefficient (Wildman–Crippen LogP) is 1.17. The van der Waals surface area contributed by atoms with Crippen molar-refractivity contribution in [1.29, 1.82) is 0 Å². The number of carbonyl (C=O) groups excluding carboxylic acids is 1. The third kappa shape index (κ3) is 6.60. The highest BCUT2D eigenvalue weighted by Crippen LogP contribution is 2.39. The zero-order valence-corrected chi connectivity index (χ0v) is 20.5. The molecule has 1 amide bonds. The number of nitrogens with zero attached hydrogens (tertiary/aromatic N) is 9. The molecule has 200 valence electrons. The number of piperazine rings is 1. The van der Waals surface area contributed by atoms with Gasteiger partial charge in [0.1, 0.15) is 12.2 Å². The number of carbonyl (C=O) groups is 1. The first-order chi connectivity index (χ1) is 17.6. The van der Waals surface area contributed by atoms with E-state index in [4.69, 9.17) is 10.5 Å². The lowest BCUT2D eigenvalue weighted by atomic mass is 10.2. The molecule has 0 radical (unpaired) electrons. The van der Waals surface area contributed by atoms with Crippen molar-refractivity contribution in [3.05, 3.63) is 12.4 Å². The molecule has 0 unspecified atom stereocenters. The number of rotatable bonds is 7. The van der Waals surface area contributed by atoms with Gasteiger partial charge < -0.3 is 25.2 Å². The highest BCUT2D eigenvalue weighted by Gasteiger charge is 2.35. The van der Waals surface area contributed by atoms with E-state index >= 15 is 0 Å². The van der Waals surface area contributed by atoms with Crippen LogP contribution in [0.3, 0.4) is 0 Å². The Bertz CT molecular complexity index is 1100. The van der Waals surface area contributed by atoms with Crippen molar-refractivity contribution < 1.29 is 22.7 Å². The summed E-state index contributed by atoms with van der Waals surface area (Å²) in [5.74, 6) is 0.460. The van der Waals surface area contributed by atoms with Crippen molar-refractivity contribution in [1.82, 2.24) is 29.7 Å². The topological polar surface area (TPSA) is 129 Å². The van der Waals surface area contributed by atoms with Gasteiger partial charge in [-0.1, -0.05) is 0 Å². The number of halogens is 3. The Labute approximate surface area is 212 Å². The van der Waals surface area contributed by atoms with Gasteiger partial charge in [-0.15, -0.1) is 0 Å². The third-order valence-electron chi connectivity index (χ3n) is 6.10. The van der Waals surface area contributed by atoms with Gasteiger partial charge in [0.25, 0.3) is 0 Å². The van der Waals surface area contributed by atoms with Gasteiger partial charge in [0.15, 0.2) is 17.5 Å². The van der Waals surface area contributed by atoms with E-state index in [1.165, 1.54) is 19.3 Å². The maximum absolute atomic E-state index is 13.8. The Balaban J connectivity index is 1.77. The summed E-state index contributed by atoms with van der Waals surface area (Å²) >= 11 is 0. The van der Waals surface area contributed by atoms with Gasteiger partial charge in [0, 0.05) is 58.6 Å². The predicted molar refractivity (Wildman–Crippen MR) is 132 cm³/mol. The van der Waals surface area contributed by atoms with E-state index in [1.807, 2.05) is 9.80 Å². The van der Waals surface area contributed by atoms with Crippen molar-refractivity contribution >= 4 is 35.9 Å². The van der Waals surface area contributed by atoms with Crippen LogP contribution in [0, 0.1) is 0 Å². The van der Waals surface area contributed by atoms with Crippen molar-refractivity contribution in [3.63, 3.8) is 0 Å². The van der Waals surface area contributed by atoms with Crippen LogP contribution in [0.15, 0.2) is 17.4 Å². The smallest absolute Gasteiger partial charge is 0.378 e. The van der Waals surface area contributed by atoms with E-state index in [0.29, 0.717) is 63.9 Å². The Morgan fingerprint density at radius 3 is 2.35 bits per heavy atom. The van der Waals surface area contributed by atoms with Crippen LogP contribution in [-0.2, 0) is 9.53 Å². The lowest BCUT2D eigenvalue weighted by Crippen LogP contribution is -2.52. The minimum atomic E-state index is -4.52. The fourth-order valence-electron chi connectivity index (χ4n) is 4.23. The van der Waals surface area contributed by atoms with Crippen LogP contribution in [0.2, 0.25) is 0 Å². The van der Waals surface area contributed by atoms with Crippen LogP contribution >= 0.6 is 0 Å². The standard InChI is InChI=1S/C22H29F3N10O2/c1-15(36)33-5-3-32(4-6-33)14-35(13-22(23,24)25)20-17(27-2)19(34-7-9-37-10-8-34)30-18(31-20)16-11-28-21(26)29-12-16/h11-12H,2-10,13-14H2,1H3,(H2,26,28,29). The summed E-state index contributed by atoms with van der Waals surface area (Å²) in [4.78, 5) is 39.4. The second-order valence-corrected chi connectivity index (χ2v) is 8.71. The number of aromatic nitrogens is 4. The Kier molecular flexibility index (Phi) is 8.02. The van der Waals surface area contributed by atoms with Crippen LogP contribution < -0.4 is 15.5 Å². The zero-order chi connectivity index (χ0) is 26.6. The summed E-state index contributed by atoms with van der Waals surface area (Å²) in [5, 5.41) is 0. The average molecular weight is 523 g/mol. The highest BCUT2D eigenvalue weighted by atomic mass is 19.4. The summed E-state index contributed by atoms with van der Waals surface area (Å²) in [6.45, 7) is 7.27. The number of amides is 1. The summed E-state index contributed by atoms with van der Waals surface area (Å²) in [5.41, 5.74) is 6.14. The molecule has 2 aromatic rings. The molecule has 2 N–H and O–H groups in total. The Hall–Kier alpha value is -3.59. The highest BCUT2D eigenvalue weighted by molar-refractivity contribution is 5.80. The monoisotopic (exact) mass is 522 g/mol. The first-order valence-electron chi connectivity index (χ1n) is 11.7. The fraction of sp³-hybridized carbons (Fsp3) is 0.545. The lowest BCUT2D eigenvalue weighted by Gasteiger charge is -2.38. The van der Waals surface area contributed by atoms with Gasteiger partial charge in [-0.3, -0.25) is 14.7 Å². The van der Waals surface area contributed by atoms with Crippen LogP contribution in [0.25, 0.3) is 11.4 Å². The third-order valence-corrected chi connectivity index (χ3v) is 6.10. The Morgan fingerprint density at radius 1 is 1.14 bits per heavy atom. The van der Waals surface area contributed by atoms with Crippen LogP contribution in [0.1, 0.15) is 6.92 Å². The van der Waals surface area contributed by atoms with Gasteiger partial charge in [0.05, 0.1) is 25.4 Å². The summed E-state index contributed by atoms with van der Waals surface area (Å²) < 4.78 is 46.9. The average Bonchev–Trinajstić information content (AvgIpc) is 2.88. The summed E-state index contributed by atoms with van der Waals surface area (Å²) in [6.07, 6.45) is -1.69. The molecule has 0 bridgehead atoms. The maximum atomic E-state index is 13.8.